The van der Waals surface area contributed by atoms with Gasteiger partial charge in [-0.25, -0.2) is 9.59 Å². The van der Waals surface area contributed by atoms with Crippen LogP contribution >= 0.6 is 0 Å². The Hall–Kier alpha value is -2.62. The second-order valence-corrected chi connectivity index (χ2v) is 5.17. The molecule has 10 heteroatoms. The predicted molar refractivity (Wildman–Crippen MR) is 80.0 cm³/mol. The van der Waals surface area contributed by atoms with Crippen molar-refractivity contribution in [2.45, 2.75) is 31.6 Å². The Morgan fingerprint density at radius 3 is 2.12 bits per heavy atom. The lowest BCUT2D eigenvalue weighted by Crippen LogP contribution is -2.39. The summed E-state index contributed by atoms with van der Waals surface area (Å²) in [6, 6.07) is 6.43. The summed E-state index contributed by atoms with van der Waals surface area (Å²) < 4.78 is 31.7. The van der Waals surface area contributed by atoms with E-state index in [1.54, 1.807) is 12.1 Å². The largest absolute Gasteiger partial charge is 0.490 e. The van der Waals surface area contributed by atoms with Crippen LogP contribution in [0.25, 0.3) is 0 Å². The Labute approximate surface area is 140 Å². The second kappa shape index (κ2) is 9.02. The van der Waals surface area contributed by atoms with Gasteiger partial charge in [0.1, 0.15) is 0 Å². The van der Waals surface area contributed by atoms with Gasteiger partial charge in [-0.1, -0.05) is 12.1 Å². The molecule has 2 rings (SSSR count). The normalized spacial score (nSPS) is 16.5. The number of carbonyl (C=O) groups excluding carboxylic acids is 1. The molecule has 25 heavy (non-hydrogen) atoms. The highest BCUT2D eigenvalue weighted by atomic mass is 19.4. The van der Waals surface area contributed by atoms with E-state index in [4.69, 9.17) is 15.0 Å². The topological polar surface area (TPSA) is 116 Å². The summed E-state index contributed by atoms with van der Waals surface area (Å²) in [4.78, 5) is 31.3. The molecule has 1 aromatic carbocycles. The van der Waals surface area contributed by atoms with E-state index >= 15 is 0 Å². The van der Waals surface area contributed by atoms with Crippen molar-refractivity contribution in [3.8, 4) is 0 Å². The molecule has 0 unspecified atom stereocenters. The van der Waals surface area contributed by atoms with Gasteiger partial charge in [0.15, 0.2) is 0 Å². The van der Waals surface area contributed by atoms with Crippen molar-refractivity contribution in [2.24, 2.45) is 0 Å². The van der Waals surface area contributed by atoms with Crippen LogP contribution in [0.4, 0.5) is 13.2 Å². The third-order valence-electron chi connectivity index (χ3n) is 3.29. The SMILES string of the molecule is O=C(O)C(F)(F)F.O=C(O)c1ccc(CNC(=O)[C@@H]2CCCN2)cc1. The van der Waals surface area contributed by atoms with E-state index in [0.717, 1.165) is 24.9 Å². The summed E-state index contributed by atoms with van der Waals surface area (Å²) in [7, 11) is 0. The number of carboxylic acid groups (broad SMARTS) is 2. The van der Waals surface area contributed by atoms with Crippen molar-refractivity contribution in [1.82, 2.24) is 10.6 Å². The number of hydrogen-bond acceptors (Lipinski definition) is 4. The first-order valence-electron chi connectivity index (χ1n) is 7.24. The number of alkyl halides is 3. The number of aromatic carboxylic acids is 1. The first-order valence-corrected chi connectivity index (χ1v) is 7.24. The van der Waals surface area contributed by atoms with Crippen molar-refractivity contribution in [3.05, 3.63) is 35.4 Å². The molecule has 1 atom stereocenters. The monoisotopic (exact) mass is 362 g/mol. The third kappa shape index (κ3) is 7.21. The third-order valence-corrected chi connectivity index (χ3v) is 3.29. The molecular weight excluding hydrogens is 345 g/mol. The van der Waals surface area contributed by atoms with E-state index in [0.29, 0.717) is 6.54 Å². The molecule has 0 bridgehead atoms. The van der Waals surface area contributed by atoms with Gasteiger partial charge in [0.2, 0.25) is 5.91 Å². The molecule has 7 nitrogen and oxygen atoms in total. The first kappa shape index (κ1) is 20.4. The van der Waals surface area contributed by atoms with Crippen molar-refractivity contribution >= 4 is 17.8 Å². The molecule has 0 spiro atoms. The number of nitrogens with one attached hydrogen (secondary N) is 2. The van der Waals surface area contributed by atoms with Crippen LogP contribution in [-0.2, 0) is 16.1 Å². The maximum absolute atomic E-state index is 11.7. The quantitative estimate of drug-likeness (QED) is 0.643. The molecule has 0 radical (unpaired) electrons. The Bertz CT molecular complexity index is 611. The van der Waals surface area contributed by atoms with Crippen molar-refractivity contribution in [3.63, 3.8) is 0 Å². The lowest BCUT2D eigenvalue weighted by molar-refractivity contribution is -0.192. The van der Waals surface area contributed by atoms with E-state index in [1.807, 2.05) is 0 Å². The van der Waals surface area contributed by atoms with Crippen LogP contribution in [0, 0.1) is 0 Å². The molecule has 1 aliphatic rings. The molecule has 0 aromatic heterocycles. The van der Waals surface area contributed by atoms with Crippen molar-refractivity contribution in [1.29, 1.82) is 0 Å². The minimum atomic E-state index is -5.08. The van der Waals surface area contributed by atoms with Crippen LogP contribution in [0.5, 0.6) is 0 Å². The molecule has 1 aromatic rings. The van der Waals surface area contributed by atoms with Gasteiger partial charge in [-0.2, -0.15) is 13.2 Å². The molecule has 1 amide bonds. The number of rotatable bonds is 4. The maximum Gasteiger partial charge on any atom is 0.490 e. The number of amides is 1. The minimum Gasteiger partial charge on any atom is -0.478 e. The van der Waals surface area contributed by atoms with Crippen LogP contribution in [-0.4, -0.2) is 46.8 Å². The maximum atomic E-state index is 11.7. The van der Waals surface area contributed by atoms with E-state index in [9.17, 15) is 22.8 Å². The van der Waals surface area contributed by atoms with Crippen molar-refractivity contribution < 1.29 is 37.8 Å². The van der Waals surface area contributed by atoms with Gasteiger partial charge in [-0.15, -0.1) is 0 Å². The van der Waals surface area contributed by atoms with Gasteiger partial charge in [0, 0.05) is 6.54 Å². The highest BCUT2D eigenvalue weighted by Gasteiger charge is 2.38. The summed E-state index contributed by atoms with van der Waals surface area (Å²) in [5, 5.41) is 21.9. The predicted octanol–water partition coefficient (Wildman–Crippen LogP) is 1.39. The van der Waals surface area contributed by atoms with Gasteiger partial charge in [0.05, 0.1) is 11.6 Å². The zero-order valence-electron chi connectivity index (χ0n) is 13.0. The second-order valence-electron chi connectivity index (χ2n) is 5.17. The fourth-order valence-electron chi connectivity index (χ4n) is 1.99. The number of carbonyl (C=O) groups is 3. The Balaban J connectivity index is 0.000000381. The zero-order valence-corrected chi connectivity index (χ0v) is 13.0. The smallest absolute Gasteiger partial charge is 0.478 e. The molecule has 1 saturated heterocycles. The zero-order chi connectivity index (χ0) is 19.0. The van der Waals surface area contributed by atoms with E-state index in [2.05, 4.69) is 10.6 Å². The molecule has 4 N–H and O–H groups in total. The Kier molecular flexibility index (Phi) is 7.37. The van der Waals surface area contributed by atoms with Crippen LogP contribution in [0.2, 0.25) is 0 Å². The van der Waals surface area contributed by atoms with Crippen LogP contribution in [0.3, 0.4) is 0 Å². The van der Waals surface area contributed by atoms with Crippen LogP contribution in [0.1, 0.15) is 28.8 Å². The molecule has 0 saturated carbocycles. The summed E-state index contributed by atoms with van der Waals surface area (Å²) in [6.07, 6.45) is -3.17. The summed E-state index contributed by atoms with van der Waals surface area (Å²) in [5.41, 5.74) is 1.15. The number of hydrogen-bond donors (Lipinski definition) is 4. The Morgan fingerprint density at radius 1 is 1.16 bits per heavy atom. The lowest BCUT2D eigenvalue weighted by atomic mass is 10.1. The number of halogens is 3. The fourth-order valence-corrected chi connectivity index (χ4v) is 1.99. The van der Waals surface area contributed by atoms with Gasteiger partial charge in [-0.05, 0) is 37.1 Å². The van der Waals surface area contributed by atoms with Gasteiger partial charge in [-0.3, -0.25) is 4.79 Å². The number of carboxylic acids is 2. The highest BCUT2D eigenvalue weighted by Crippen LogP contribution is 2.13. The fraction of sp³-hybridized carbons (Fsp3) is 0.400. The molecule has 1 heterocycles. The van der Waals surface area contributed by atoms with Crippen LogP contribution in [0.15, 0.2) is 24.3 Å². The van der Waals surface area contributed by atoms with E-state index < -0.39 is 18.1 Å². The highest BCUT2D eigenvalue weighted by molar-refractivity contribution is 5.87. The van der Waals surface area contributed by atoms with Gasteiger partial charge in [0.25, 0.3) is 0 Å². The number of benzene rings is 1. The Morgan fingerprint density at radius 2 is 1.72 bits per heavy atom. The number of aliphatic carboxylic acids is 1. The van der Waals surface area contributed by atoms with E-state index in [1.165, 1.54) is 12.1 Å². The molecule has 138 valence electrons. The summed E-state index contributed by atoms with van der Waals surface area (Å²) in [5.74, 6) is -3.69. The van der Waals surface area contributed by atoms with E-state index in [-0.39, 0.29) is 17.5 Å². The standard InChI is InChI=1S/C13H16N2O3.C2HF3O2/c16-12(11-2-1-7-14-11)15-8-9-3-5-10(6-4-9)13(17)18;3-2(4,5)1(6)7/h3-6,11,14H,1-2,7-8H2,(H,15,16)(H,17,18);(H,6,7)/t11-;/m0./s1. The van der Waals surface area contributed by atoms with Gasteiger partial charge >= 0.3 is 18.1 Å². The molecule has 1 aliphatic heterocycles. The summed E-state index contributed by atoms with van der Waals surface area (Å²) >= 11 is 0. The average Bonchev–Trinajstić information content (AvgIpc) is 3.07. The average molecular weight is 362 g/mol. The lowest BCUT2D eigenvalue weighted by Gasteiger charge is -2.11. The molecular formula is C15H17F3N2O5. The minimum absolute atomic E-state index is 0.00908. The molecule has 1 fully saturated rings. The van der Waals surface area contributed by atoms with Crippen LogP contribution < -0.4 is 10.6 Å². The van der Waals surface area contributed by atoms with Crippen molar-refractivity contribution in [2.75, 3.05) is 6.54 Å². The summed E-state index contributed by atoms with van der Waals surface area (Å²) in [6.45, 7) is 1.32. The molecule has 0 aliphatic carbocycles. The first-order chi connectivity index (χ1) is 11.6. The van der Waals surface area contributed by atoms with Gasteiger partial charge < -0.3 is 20.8 Å².